The molecule has 1 aromatic carbocycles. The summed E-state index contributed by atoms with van der Waals surface area (Å²) in [4.78, 5) is 35.4. The summed E-state index contributed by atoms with van der Waals surface area (Å²) in [5, 5.41) is 22.3. The molecule has 2 bridgehead atoms. The van der Waals surface area contributed by atoms with E-state index in [1.165, 1.54) is 12.1 Å². The molecule has 0 saturated carbocycles. The van der Waals surface area contributed by atoms with Gasteiger partial charge in [0, 0.05) is 37.6 Å². The van der Waals surface area contributed by atoms with Crippen molar-refractivity contribution >= 4 is 38.9 Å². The van der Waals surface area contributed by atoms with E-state index in [2.05, 4.69) is 15.1 Å². The van der Waals surface area contributed by atoms with Gasteiger partial charge in [0.05, 0.1) is 11.8 Å². The van der Waals surface area contributed by atoms with Crippen molar-refractivity contribution in [1.82, 2.24) is 20.0 Å². The fourth-order valence-electron chi connectivity index (χ4n) is 3.49. The third kappa shape index (κ3) is 4.86. The van der Waals surface area contributed by atoms with Crippen LogP contribution in [0, 0.1) is 0 Å². The van der Waals surface area contributed by atoms with Crippen molar-refractivity contribution in [3.8, 4) is 5.75 Å². The molecule has 2 atom stereocenters. The molecule has 0 radical (unpaired) electrons. The third-order valence-electron chi connectivity index (χ3n) is 4.77. The third-order valence-corrected chi connectivity index (χ3v) is 5.27. The number of carbonyl (C=O) groups excluding carboxylic acids is 1. The second-order valence-electron chi connectivity index (χ2n) is 6.92. The molecule has 1 amide bonds. The minimum Gasteiger partial charge on any atom is -0.473 e. The number of H-pyrrole nitrogens is 1. The lowest BCUT2D eigenvalue weighted by Crippen LogP contribution is -2.49. The Labute approximate surface area is 171 Å². The number of amides is 1. The molecule has 30 heavy (non-hydrogen) atoms. The Hall–Kier alpha value is -3.19. The van der Waals surface area contributed by atoms with E-state index in [0.717, 1.165) is 32.3 Å². The number of hydrogen-bond donors (Lipinski definition) is 3. The van der Waals surface area contributed by atoms with Gasteiger partial charge in [0.25, 0.3) is 5.91 Å². The maximum Gasteiger partial charge on any atom is 0.414 e. The number of nitrogens with one attached hydrogen (secondary N) is 1. The van der Waals surface area contributed by atoms with Crippen LogP contribution in [0.1, 0.15) is 16.9 Å². The number of aromatic amines is 1. The highest BCUT2D eigenvalue weighted by Crippen LogP contribution is 2.27. The zero-order chi connectivity index (χ0) is 22.1. The van der Waals surface area contributed by atoms with E-state index in [4.69, 9.17) is 24.0 Å². The fourth-order valence-corrected chi connectivity index (χ4v) is 3.94. The number of piperazine rings is 1. The normalized spacial score (nSPS) is 20.4. The van der Waals surface area contributed by atoms with Gasteiger partial charge in [-0.3, -0.25) is 14.8 Å². The summed E-state index contributed by atoms with van der Waals surface area (Å²) >= 11 is 0. The van der Waals surface area contributed by atoms with Crippen LogP contribution in [0.25, 0.3) is 10.9 Å². The van der Waals surface area contributed by atoms with Gasteiger partial charge in [0.15, 0.2) is 5.69 Å². The molecule has 1 aromatic heterocycles. The Kier molecular flexibility index (Phi) is 5.94. The molecule has 2 saturated heterocycles. The zero-order valence-electron chi connectivity index (χ0n) is 15.9. The number of carbonyl (C=O) groups is 3. The number of benzene rings is 1. The summed E-state index contributed by atoms with van der Waals surface area (Å²) in [5.41, 5.74) is 0.980. The maximum atomic E-state index is 12.9. The van der Waals surface area contributed by atoms with E-state index in [0.29, 0.717) is 23.1 Å². The predicted octanol–water partition coefficient (Wildman–Crippen LogP) is -0.413. The van der Waals surface area contributed by atoms with Gasteiger partial charge in [-0.15, -0.1) is 0 Å². The van der Waals surface area contributed by atoms with Gasteiger partial charge in [-0.05, 0) is 24.6 Å². The second-order valence-corrected chi connectivity index (χ2v) is 8.49. The highest BCUT2D eigenvalue weighted by Gasteiger charge is 2.36. The molecular weight excluding hydrogens is 420 g/mol. The van der Waals surface area contributed by atoms with Gasteiger partial charge in [-0.1, -0.05) is 0 Å². The summed E-state index contributed by atoms with van der Waals surface area (Å²) in [6.07, 6.45) is 1.97. The number of rotatable bonds is 3. The van der Waals surface area contributed by atoms with Gasteiger partial charge in [0.1, 0.15) is 5.75 Å². The molecule has 2 unspecified atom stereocenters. The molecule has 3 heterocycles. The number of fused-ring (bicyclic) bond motifs is 3. The SMILES string of the molecule is CS(=O)(=O)Oc1ccc2[nH]nc(C(=O)N3CCN4CCC3C4)c2c1.O=C(O)C(=O)O. The van der Waals surface area contributed by atoms with Crippen molar-refractivity contribution in [2.24, 2.45) is 0 Å². The van der Waals surface area contributed by atoms with Gasteiger partial charge < -0.3 is 19.3 Å². The predicted molar refractivity (Wildman–Crippen MR) is 103 cm³/mol. The first kappa shape index (κ1) is 21.5. The van der Waals surface area contributed by atoms with Crippen LogP contribution in [0.2, 0.25) is 0 Å². The molecule has 2 aromatic rings. The maximum absolute atomic E-state index is 12.9. The fraction of sp³-hybridized carbons (Fsp3) is 0.412. The Morgan fingerprint density at radius 1 is 1.17 bits per heavy atom. The topological polar surface area (TPSA) is 170 Å². The Morgan fingerprint density at radius 3 is 2.50 bits per heavy atom. The number of aromatic nitrogens is 2. The molecule has 0 aliphatic carbocycles. The average Bonchev–Trinajstić information content (AvgIpc) is 3.24. The van der Waals surface area contributed by atoms with Crippen LogP contribution in [0.3, 0.4) is 0 Å². The Morgan fingerprint density at radius 2 is 1.87 bits per heavy atom. The van der Waals surface area contributed by atoms with Crippen LogP contribution in [-0.2, 0) is 19.7 Å². The first-order valence-corrected chi connectivity index (χ1v) is 10.7. The number of nitrogens with zero attached hydrogens (tertiary/aromatic N) is 3. The summed E-state index contributed by atoms with van der Waals surface area (Å²) in [6, 6.07) is 4.96. The quantitative estimate of drug-likeness (QED) is 0.421. The Balaban J connectivity index is 0.000000377. The summed E-state index contributed by atoms with van der Waals surface area (Å²) in [6.45, 7) is 3.52. The molecule has 0 spiro atoms. The minimum atomic E-state index is -3.62. The first-order valence-electron chi connectivity index (χ1n) is 8.92. The van der Waals surface area contributed by atoms with Crippen molar-refractivity contribution in [1.29, 1.82) is 0 Å². The summed E-state index contributed by atoms with van der Waals surface area (Å²) in [5.74, 6) is -3.60. The number of aliphatic carboxylic acids is 2. The van der Waals surface area contributed by atoms with Crippen LogP contribution in [0.5, 0.6) is 5.75 Å². The van der Waals surface area contributed by atoms with E-state index in [9.17, 15) is 13.2 Å². The van der Waals surface area contributed by atoms with Crippen LogP contribution >= 0.6 is 0 Å². The van der Waals surface area contributed by atoms with Gasteiger partial charge in [0.2, 0.25) is 0 Å². The van der Waals surface area contributed by atoms with Crippen molar-refractivity contribution in [3.05, 3.63) is 23.9 Å². The average molecular weight is 440 g/mol. The Bertz CT molecular complexity index is 1080. The van der Waals surface area contributed by atoms with Gasteiger partial charge in [-0.25, -0.2) is 9.59 Å². The summed E-state index contributed by atoms with van der Waals surface area (Å²) in [7, 11) is -3.62. The lowest BCUT2D eigenvalue weighted by molar-refractivity contribution is -0.159. The first-order chi connectivity index (χ1) is 14.0. The van der Waals surface area contributed by atoms with E-state index in [1.54, 1.807) is 6.07 Å². The molecule has 13 heteroatoms. The largest absolute Gasteiger partial charge is 0.473 e. The van der Waals surface area contributed by atoms with E-state index in [1.807, 2.05) is 4.90 Å². The van der Waals surface area contributed by atoms with Crippen molar-refractivity contribution in [2.75, 3.05) is 32.4 Å². The molecule has 4 rings (SSSR count). The highest BCUT2D eigenvalue weighted by atomic mass is 32.2. The van der Waals surface area contributed by atoms with Gasteiger partial charge in [-0.2, -0.15) is 13.5 Å². The standard InChI is InChI=1S/C15H18N4O4S.C2H2O4/c1-24(21,22)23-11-2-3-13-12(8-11)14(17-16-13)15(20)19-7-6-18-5-4-10(19)9-18;3-1(4)2(5)6/h2-3,8,10H,4-7,9H2,1H3,(H,16,17);(H,3,4)(H,5,6). The summed E-state index contributed by atoms with van der Waals surface area (Å²) < 4.78 is 27.5. The van der Waals surface area contributed by atoms with E-state index in [-0.39, 0.29) is 17.7 Å². The van der Waals surface area contributed by atoms with Crippen molar-refractivity contribution in [2.45, 2.75) is 12.5 Å². The van der Waals surface area contributed by atoms with Crippen LogP contribution in [0.4, 0.5) is 0 Å². The van der Waals surface area contributed by atoms with Gasteiger partial charge >= 0.3 is 22.1 Å². The minimum absolute atomic E-state index is 0.121. The molecule has 2 fully saturated rings. The monoisotopic (exact) mass is 440 g/mol. The smallest absolute Gasteiger partial charge is 0.414 e. The molecule has 3 N–H and O–H groups in total. The van der Waals surface area contributed by atoms with E-state index >= 15 is 0 Å². The number of hydrogen-bond acceptors (Lipinski definition) is 8. The second kappa shape index (κ2) is 8.28. The molecule has 162 valence electrons. The molecular formula is C17H20N4O8S. The highest BCUT2D eigenvalue weighted by molar-refractivity contribution is 7.86. The molecule has 2 aliphatic heterocycles. The number of carboxylic acid groups (broad SMARTS) is 2. The van der Waals surface area contributed by atoms with Crippen LogP contribution < -0.4 is 4.18 Å². The zero-order valence-corrected chi connectivity index (χ0v) is 16.8. The number of carboxylic acids is 2. The van der Waals surface area contributed by atoms with Crippen LogP contribution in [0.15, 0.2) is 18.2 Å². The van der Waals surface area contributed by atoms with Crippen molar-refractivity contribution in [3.63, 3.8) is 0 Å². The van der Waals surface area contributed by atoms with Crippen LogP contribution in [-0.4, -0.2) is 95.0 Å². The van der Waals surface area contributed by atoms with Crippen molar-refractivity contribution < 1.29 is 37.2 Å². The lowest BCUT2D eigenvalue weighted by atomic mass is 10.1. The molecule has 2 aliphatic rings. The van der Waals surface area contributed by atoms with E-state index < -0.39 is 22.1 Å². The molecule has 12 nitrogen and oxygen atoms in total. The lowest BCUT2D eigenvalue weighted by Gasteiger charge is -2.33.